The molecule has 1 aromatic rings. The van der Waals surface area contributed by atoms with Crippen molar-refractivity contribution < 1.29 is 18.0 Å². The van der Waals surface area contributed by atoms with Crippen molar-refractivity contribution in [2.75, 3.05) is 40.3 Å². The molecule has 0 spiro atoms. The molecule has 0 N–H and O–H groups in total. The number of likely N-dealkylation sites (tertiary alicyclic amines) is 2. The van der Waals surface area contributed by atoms with E-state index >= 15 is 0 Å². The highest BCUT2D eigenvalue weighted by molar-refractivity contribution is 5.94. The average molecular weight is 341 g/mol. The Bertz CT molecular complexity index is 617. The molecule has 24 heavy (non-hydrogen) atoms. The zero-order valence-electron chi connectivity index (χ0n) is 13.9. The minimum atomic E-state index is -2.67. The zero-order valence-corrected chi connectivity index (χ0v) is 13.9. The molecule has 1 aromatic carbocycles. The lowest BCUT2D eigenvalue weighted by molar-refractivity contribution is -0.0115. The molecule has 2 fully saturated rings. The number of halogens is 3. The van der Waals surface area contributed by atoms with E-state index in [1.54, 1.807) is 11.0 Å². The lowest BCUT2D eigenvalue weighted by Crippen LogP contribution is -2.63. The van der Waals surface area contributed by atoms with Gasteiger partial charge in [-0.15, -0.1) is 0 Å². The Hall–Kier alpha value is -1.60. The number of amides is 1. The van der Waals surface area contributed by atoms with Crippen LogP contribution >= 0.6 is 0 Å². The molecule has 0 bridgehead atoms. The summed E-state index contributed by atoms with van der Waals surface area (Å²) in [7, 11) is 3.74. The lowest BCUT2D eigenvalue weighted by Gasteiger charge is -2.46. The van der Waals surface area contributed by atoms with E-state index in [0.29, 0.717) is 25.2 Å². The summed E-state index contributed by atoms with van der Waals surface area (Å²) in [5.41, 5.74) is 0.296. The number of carbonyl (C=O) groups is 1. The van der Waals surface area contributed by atoms with Crippen molar-refractivity contribution in [2.45, 2.75) is 24.4 Å². The van der Waals surface area contributed by atoms with Crippen LogP contribution in [0.25, 0.3) is 0 Å². The van der Waals surface area contributed by atoms with E-state index in [0.717, 1.165) is 0 Å². The van der Waals surface area contributed by atoms with Crippen molar-refractivity contribution in [2.24, 2.45) is 0 Å². The molecule has 132 valence electrons. The molecule has 0 saturated carbocycles. The maximum Gasteiger partial charge on any atom is 0.262 e. The summed E-state index contributed by atoms with van der Waals surface area (Å²) in [5.74, 6) is -3.38. The lowest BCUT2D eigenvalue weighted by atomic mass is 10.0. The Balaban J connectivity index is 1.61. The van der Waals surface area contributed by atoms with Crippen LogP contribution in [0.3, 0.4) is 0 Å². The predicted molar refractivity (Wildman–Crippen MR) is 84.7 cm³/mol. The van der Waals surface area contributed by atoms with E-state index in [-0.39, 0.29) is 31.0 Å². The Morgan fingerprint density at radius 2 is 2.04 bits per heavy atom. The third kappa shape index (κ3) is 3.57. The molecule has 0 radical (unpaired) electrons. The second kappa shape index (κ2) is 6.37. The SMILES string of the molecule is CN(C)C[C@@H]1CC(F)(F)CN1C1CN(C(=O)c2cccc(F)c2)C1. The van der Waals surface area contributed by atoms with Gasteiger partial charge in [0, 0.05) is 43.7 Å². The van der Waals surface area contributed by atoms with Gasteiger partial charge in [-0.05, 0) is 32.3 Å². The van der Waals surface area contributed by atoms with Gasteiger partial charge in [0.25, 0.3) is 11.8 Å². The van der Waals surface area contributed by atoms with E-state index in [4.69, 9.17) is 0 Å². The Morgan fingerprint density at radius 1 is 1.33 bits per heavy atom. The van der Waals surface area contributed by atoms with Gasteiger partial charge in [-0.3, -0.25) is 9.69 Å². The van der Waals surface area contributed by atoms with Crippen LogP contribution in [-0.4, -0.2) is 78.9 Å². The van der Waals surface area contributed by atoms with Crippen molar-refractivity contribution in [1.82, 2.24) is 14.7 Å². The summed E-state index contributed by atoms with van der Waals surface area (Å²) in [6, 6.07) is 5.29. The first-order valence-electron chi connectivity index (χ1n) is 8.08. The van der Waals surface area contributed by atoms with Gasteiger partial charge in [0.1, 0.15) is 5.82 Å². The van der Waals surface area contributed by atoms with Gasteiger partial charge in [-0.2, -0.15) is 0 Å². The van der Waals surface area contributed by atoms with Gasteiger partial charge in [0.15, 0.2) is 0 Å². The summed E-state index contributed by atoms with van der Waals surface area (Å²) in [6.07, 6.45) is -0.139. The van der Waals surface area contributed by atoms with Crippen molar-refractivity contribution in [1.29, 1.82) is 0 Å². The normalized spacial score (nSPS) is 24.4. The van der Waals surface area contributed by atoms with Crippen LogP contribution in [0.4, 0.5) is 13.2 Å². The van der Waals surface area contributed by atoms with Gasteiger partial charge >= 0.3 is 0 Å². The molecule has 0 aromatic heterocycles. The third-order valence-corrected chi connectivity index (χ3v) is 4.68. The van der Waals surface area contributed by atoms with E-state index in [9.17, 15) is 18.0 Å². The summed E-state index contributed by atoms with van der Waals surface area (Å²) in [5, 5.41) is 0. The topological polar surface area (TPSA) is 26.8 Å². The predicted octanol–water partition coefficient (Wildman–Crippen LogP) is 1.92. The average Bonchev–Trinajstić information content (AvgIpc) is 2.71. The standard InChI is InChI=1S/C17H22F3N3O/c1-21(2)8-14-7-17(19,20)11-23(14)15-9-22(10-15)16(24)12-4-3-5-13(18)6-12/h3-6,14-15H,7-11H2,1-2H3/t14-/m0/s1. The quantitative estimate of drug-likeness (QED) is 0.837. The van der Waals surface area contributed by atoms with Crippen molar-refractivity contribution in [3.8, 4) is 0 Å². The number of likely N-dealkylation sites (N-methyl/N-ethyl adjacent to an activating group) is 1. The largest absolute Gasteiger partial charge is 0.335 e. The third-order valence-electron chi connectivity index (χ3n) is 4.68. The molecule has 7 heteroatoms. The molecule has 2 heterocycles. The first kappa shape index (κ1) is 17.2. The molecule has 2 aliphatic rings. The van der Waals surface area contributed by atoms with E-state index in [1.165, 1.54) is 18.2 Å². The van der Waals surface area contributed by atoms with E-state index in [2.05, 4.69) is 0 Å². The number of benzene rings is 1. The van der Waals surface area contributed by atoms with Crippen molar-refractivity contribution in [3.05, 3.63) is 35.6 Å². The first-order valence-corrected chi connectivity index (χ1v) is 8.08. The molecule has 0 aliphatic carbocycles. The highest BCUT2D eigenvalue weighted by Gasteiger charge is 2.50. The maximum atomic E-state index is 13.8. The second-order valence-corrected chi connectivity index (χ2v) is 7.02. The number of carbonyl (C=O) groups excluding carboxylic acids is 1. The number of nitrogens with zero attached hydrogens (tertiary/aromatic N) is 3. The number of rotatable bonds is 4. The molecule has 2 aliphatic heterocycles. The fraction of sp³-hybridized carbons (Fsp3) is 0.588. The van der Waals surface area contributed by atoms with Crippen molar-refractivity contribution in [3.63, 3.8) is 0 Å². The molecular weight excluding hydrogens is 319 g/mol. The minimum Gasteiger partial charge on any atom is -0.335 e. The number of alkyl halides is 2. The van der Waals surface area contributed by atoms with Crippen LogP contribution in [0.5, 0.6) is 0 Å². The molecular formula is C17H22F3N3O. The van der Waals surface area contributed by atoms with Crippen LogP contribution in [0, 0.1) is 5.82 Å². The highest BCUT2D eigenvalue weighted by atomic mass is 19.3. The molecule has 0 unspecified atom stereocenters. The minimum absolute atomic E-state index is 0.0548. The van der Waals surface area contributed by atoms with E-state index in [1.807, 2.05) is 23.9 Å². The molecule has 4 nitrogen and oxygen atoms in total. The number of hydrogen-bond acceptors (Lipinski definition) is 3. The summed E-state index contributed by atoms with van der Waals surface area (Å²) >= 11 is 0. The first-order chi connectivity index (χ1) is 11.2. The molecule has 1 amide bonds. The van der Waals surface area contributed by atoms with Gasteiger partial charge < -0.3 is 9.80 Å². The maximum absolute atomic E-state index is 13.8. The fourth-order valence-corrected chi connectivity index (χ4v) is 3.58. The van der Waals surface area contributed by atoms with Gasteiger partial charge in [-0.25, -0.2) is 13.2 Å². The van der Waals surface area contributed by atoms with Gasteiger partial charge in [0.2, 0.25) is 0 Å². The van der Waals surface area contributed by atoms with Crippen molar-refractivity contribution >= 4 is 5.91 Å². The van der Waals surface area contributed by atoms with Crippen LogP contribution in [0.2, 0.25) is 0 Å². The zero-order chi connectivity index (χ0) is 17.5. The summed E-state index contributed by atoms with van der Waals surface area (Å²) in [4.78, 5) is 17.6. The Morgan fingerprint density at radius 3 is 2.67 bits per heavy atom. The van der Waals surface area contributed by atoms with Gasteiger partial charge in [-0.1, -0.05) is 6.07 Å². The van der Waals surface area contributed by atoms with Gasteiger partial charge in [0.05, 0.1) is 6.54 Å². The fourth-order valence-electron chi connectivity index (χ4n) is 3.58. The summed E-state index contributed by atoms with van der Waals surface area (Å²) in [6.45, 7) is 1.15. The second-order valence-electron chi connectivity index (χ2n) is 7.02. The van der Waals surface area contributed by atoms with E-state index < -0.39 is 11.7 Å². The summed E-state index contributed by atoms with van der Waals surface area (Å²) < 4.78 is 40.8. The Labute approximate surface area is 139 Å². The van der Waals surface area contributed by atoms with Crippen LogP contribution in [-0.2, 0) is 0 Å². The Kier molecular flexibility index (Phi) is 4.57. The molecule has 3 rings (SSSR count). The molecule has 2 saturated heterocycles. The molecule has 1 atom stereocenters. The van der Waals surface area contributed by atoms with Crippen LogP contribution < -0.4 is 0 Å². The van der Waals surface area contributed by atoms with Crippen LogP contribution in [0.1, 0.15) is 16.8 Å². The highest BCUT2D eigenvalue weighted by Crippen LogP contribution is 2.35. The number of hydrogen-bond donors (Lipinski definition) is 0. The monoisotopic (exact) mass is 341 g/mol. The van der Waals surface area contributed by atoms with Crippen LogP contribution in [0.15, 0.2) is 24.3 Å². The smallest absolute Gasteiger partial charge is 0.262 e.